The maximum atomic E-state index is 11.6. The standard InChI is InChI=1S/C3H3Br2F/c4-1-3(6)2-5/h1H,2H2/b3-1-. The van der Waals surface area contributed by atoms with Gasteiger partial charge in [0.2, 0.25) is 0 Å². The van der Waals surface area contributed by atoms with Crippen molar-refractivity contribution in [2.45, 2.75) is 0 Å². The summed E-state index contributed by atoms with van der Waals surface area (Å²) in [6.07, 6.45) is 0. The molecule has 0 aromatic carbocycles. The van der Waals surface area contributed by atoms with Crippen molar-refractivity contribution in [3.05, 3.63) is 10.8 Å². The van der Waals surface area contributed by atoms with Gasteiger partial charge in [-0.1, -0.05) is 31.9 Å². The van der Waals surface area contributed by atoms with Crippen molar-refractivity contribution in [2.75, 3.05) is 5.33 Å². The van der Waals surface area contributed by atoms with Crippen molar-refractivity contribution in [3.8, 4) is 0 Å². The van der Waals surface area contributed by atoms with Crippen LogP contribution in [0.5, 0.6) is 0 Å². The summed E-state index contributed by atoms with van der Waals surface area (Å²) in [5, 5.41) is 0.290. The molecule has 0 nitrogen and oxygen atoms in total. The minimum absolute atomic E-state index is 0.199. The monoisotopic (exact) mass is 216 g/mol. The summed E-state index contributed by atoms with van der Waals surface area (Å²) in [5.74, 6) is -0.199. The molecule has 0 aliphatic rings. The first kappa shape index (κ1) is 6.63. The van der Waals surface area contributed by atoms with Crippen molar-refractivity contribution >= 4 is 31.9 Å². The molecule has 0 aromatic heterocycles. The number of hydrogen-bond acceptors (Lipinski definition) is 0. The predicted molar refractivity (Wildman–Crippen MR) is 31.9 cm³/mol. The Balaban J connectivity index is 3.22. The second kappa shape index (κ2) is 3.81. The number of allylic oxidation sites excluding steroid dienone is 1. The molecule has 36 valence electrons. The van der Waals surface area contributed by atoms with Gasteiger partial charge in [-0.25, -0.2) is 4.39 Å². The molecule has 0 heterocycles. The fourth-order valence-electron chi connectivity index (χ4n) is 0.0292. The van der Waals surface area contributed by atoms with Crippen LogP contribution >= 0.6 is 31.9 Å². The van der Waals surface area contributed by atoms with Gasteiger partial charge in [0, 0.05) is 4.99 Å². The normalized spacial score (nSPS) is 12.2. The molecular weight excluding hydrogens is 215 g/mol. The van der Waals surface area contributed by atoms with E-state index in [2.05, 4.69) is 31.9 Å². The summed E-state index contributed by atoms with van der Waals surface area (Å²) in [6, 6.07) is 0. The molecule has 0 radical (unpaired) electrons. The molecule has 0 saturated carbocycles. The lowest BCUT2D eigenvalue weighted by atomic mass is 10.7. The van der Waals surface area contributed by atoms with Gasteiger partial charge in [-0.05, 0) is 0 Å². The molecule has 0 bridgehead atoms. The number of rotatable bonds is 1. The van der Waals surface area contributed by atoms with Gasteiger partial charge in [0.15, 0.2) is 0 Å². The molecule has 0 rings (SSSR count). The highest BCUT2D eigenvalue weighted by molar-refractivity contribution is 9.11. The molecule has 0 saturated heterocycles. The van der Waals surface area contributed by atoms with E-state index in [0.717, 1.165) is 0 Å². The first-order valence-corrected chi connectivity index (χ1v) is 3.35. The Morgan fingerprint density at radius 1 is 1.83 bits per heavy atom. The van der Waals surface area contributed by atoms with Crippen LogP contribution in [0, 0.1) is 0 Å². The molecule has 0 spiro atoms. The van der Waals surface area contributed by atoms with E-state index in [4.69, 9.17) is 0 Å². The van der Waals surface area contributed by atoms with Crippen LogP contribution in [-0.4, -0.2) is 5.33 Å². The van der Waals surface area contributed by atoms with Crippen molar-refractivity contribution in [1.82, 2.24) is 0 Å². The second-order valence-electron chi connectivity index (χ2n) is 0.690. The minimum Gasteiger partial charge on any atom is -0.210 e. The van der Waals surface area contributed by atoms with E-state index < -0.39 is 0 Å². The smallest absolute Gasteiger partial charge is 0.117 e. The van der Waals surface area contributed by atoms with E-state index in [1.165, 1.54) is 4.99 Å². The van der Waals surface area contributed by atoms with Gasteiger partial charge >= 0.3 is 0 Å². The summed E-state index contributed by atoms with van der Waals surface area (Å²) in [6.45, 7) is 0. The lowest BCUT2D eigenvalue weighted by Gasteiger charge is -1.76. The average molecular weight is 218 g/mol. The van der Waals surface area contributed by atoms with Crippen LogP contribution in [0.4, 0.5) is 4.39 Å². The highest BCUT2D eigenvalue weighted by atomic mass is 79.9. The lowest BCUT2D eigenvalue weighted by molar-refractivity contribution is 0.649. The third-order valence-corrected chi connectivity index (χ3v) is 1.28. The molecule has 0 unspecified atom stereocenters. The first-order valence-electron chi connectivity index (χ1n) is 1.32. The number of alkyl halides is 1. The van der Waals surface area contributed by atoms with E-state index in [9.17, 15) is 4.39 Å². The molecule has 0 amide bonds. The van der Waals surface area contributed by atoms with Crippen LogP contribution in [0.1, 0.15) is 0 Å². The average Bonchev–Trinajstić information content (AvgIpc) is 1.65. The Hall–Kier alpha value is 0.630. The summed E-state index contributed by atoms with van der Waals surface area (Å²) < 4.78 is 11.6. The summed E-state index contributed by atoms with van der Waals surface area (Å²) in [5.41, 5.74) is 0. The summed E-state index contributed by atoms with van der Waals surface area (Å²) >= 11 is 5.71. The van der Waals surface area contributed by atoms with Crippen molar-refractivity contribution in [3.63, 3.8) is 0 Å². The SMILES string of the molecule is F/C(=C\Br)CBr. The first-order chi connectivity index (χ1) is 2.81. The quantitative estimate of drug-likeness (QED) is 0.593. The van der Waals surface area contributed by atoms with Crippen molar-refractivity contribution in [1.29, 1.82) is 0 Å². The topological polar surface area (TPSA) is 0 Å². The van der Waals surface area contributed by atoms with Gasteiger partial charge < -0.3 is 0 Å². The molecule has 0 aliphatic heterocycles. The van der Waals surface area contributed by atoms with Gasteiger partial charge in [0.25, 0.3) is 0 Å². The van der Waals surface area contributed by atoms with Crippen LogP contribution in [0.15, 0.2) is 10.8 Å². The highest BCUT2D eigenvalue weighted by Crippen LogP contribution is 2.02. The van der Waals surface area contributed by atoms with Gasteiger partial charge in [0.05, 0.1) is 5.33 Å². The fourth-order valence-corrected chi connectivity index (χ4v) is 0.787. The van der Waals surface area contributed by atoms with Crippen LogP contribution in [0.2, 0.25) is 0 Å². The molecule has 3 heteroatoms. The summed E-state index contributed by atoms with van der Waals surface area (Å²) in [7, 11) is 0. The van der Waals surface area contributed by atoms with E-state index in [0.29, 0.717) is 0 Å². The Bertz CT molecular complexity index is 59.8. The van der Waals surface area contributed by atoms with E-state index in [-0.39, 0.29) is 11.2 Å². The van der Waals surface area contributed by atoms with Crippen LogP contribution in [0.3, 0.4) is 0 Å². The molecule has 0 aliphatic carbocycles. The van der Waals surface area contributed by atoms with Gasteiger partial charge in [-0.3, -0.25) is 0 Å². The minimum atomic E-state index is -0.199. The highest BCUT2D eigenvalue weighted by Gasteiger charge is 1.82. The Morgan fingerprint density at radius 2 is 2.33 bits per heavy atom. The van der Waals surface area contributed by atoms with Gasteiger partial charge in [0.1, 0.15) is 5.83 Å². The third-order valence-electron chi connectivity index (χ3n) is 0.246. The Morgan fingerprint density at radius 3 is 2.33 bits per heavy atom. The molecule has 0 N–H and O–H groups in total. The number of halogens is 3. The Kier molecular flexibility index (Phi) is 4.21. The van der Waals surface area contributed by atoms with Gasteiger partial charge in [-0.15, -0.1) is 0 Å². The zero-order chi connectivity index (χ0) is 4.99. The molecule has 0 aromatic rings. The zero-order valence-corrected chi connectivity index (χ0v) is 6.09. The van der Waals surface area contributed by atoms with Gasteiger partial charge in [-0.2, -0.15) is 0 Å². The molecule has 0 atom stereocenters. The van der Waals surface area contributed by atoms with E-state index in [1.54, 1.807) is 0 Å². The van der Waals surface area contributed by atoms with E-state index in [1.807, 2.05) is 0 Å². The maximum absolute atomic E-state index is 11.6. The van der Waals surface area contributed by atoms with E-state index >= 15 is 0 Å². The molecular formula is C3H3Br2F. The van der Waals surface area contributed by atoms with Crippen LogP contribution < -0.4 is 0 Å². The largest absolute Gasteiger partial charge is 0.210 e. The second-order valence-corrected chi connectivity index (χ2v) is 1.71. The molecule has 6 heavy (non-hydrogen) atoms. The zero-order valence-electron chi connectivity index (χ0n) is 2.92. The van der Waals surface area contributed by atoms with Crippen LogP contribution in [-0.2, 0) is 0 Å². The summed E-state index contributed by atoms with van der Waals surface area (Å²) in [4.78, 5) is 1.24. The molecule has 0 fully saturated rings. The Labute approximate surface area is 52.7 Å². The predicted octanol–water partition coefficient (Wildman–Crippen LogP) is 2.59. The number of hydrogen-bond donors (Lipinski definition) is 0. The third kappa shape index (κ3) is 2.85. The van der Waals surface area contributed by atoms with Crippen molar-refractivity contribution in [2.24, 2.45) is 0 Å². The lowest BCUT2D eigenvalue weighted by Crippen LogP contribution is -1.65. The fraction of sp³-hybridized carbons (Fsp3) is 0.333. The van der Waals surface area contributed by atoms with Crippen molar-refractivity contribution < 1.29 is 4.39 Å². The van der Waals surface area contributed by atoms with Crippen LogP contribution in [0.25, 0.3) is 0 Å². The maximum Gasteiger partial charge on any atom is 0.117 e.